The lowest BCUT2D eigenvalue weighted by Crippen LogP contribution is -2.35. The fraction of sp³-hybridized carbons (Fsp3) is 0.348. The molecule has 30 heavy (non-hydrogen) atoms. The summed E-state index contributed by atoms with van der Waals surface area (Å²) in [5.41, 5.74) is 2.30. The van der Waals surface area contributed by atoms with Crippen LogP contribution in [0.2, 0.25) is 0 Å². The Morgan fingerprint density at radius 3 is 2.67 bits per heavy atom. The highest BCUT2D eigenvalue weighted by molar-refractivity contribution is 7.71. The summed E-state index contributed by atoms with van der Waals surface area (Å²) < 4.78 is 0.262. The normalized spacial score (nSPS) is 15.3. The Labute approximate surface area is 180 Å². The minimum Gasteiger partial charge on any atom is -0.337 e. The van der Waals surface area contributed by atoms with Crippen LogP contribution in [0.5, 0.6) is 0 Å². The molecule has 4 rings (SSSR count). The number of aromatic amines is 2. The van der Waals surface area contributed by atoms with Crippen molar-refractivity contribution in [1.82, 2.24) is 19.8 Å². The summed E-state index contributed by atoms with van der Waals surface area (Å²) in [4.78, 5) is 35.0. The molecule has 2 heterocycles. The quantitative estimate of drug-likeness (QED) is 0.619. The molecule has 1 saturated heterocycles. The summed E-state index contributed by atoms with van der Waals surface area (Å²) in [6.07, 6.45) is 3.17. The molecule has 1 aliphatic heterocycles. The third-order valence-corrected chi connectivity index (χ3v) is 5.85. The van der Waals surface area contributed by atoms with Gasteiger partial charge in [0.15, 0.2) is 4.77 Å². The number of aromatic nitrogens is 2. The first kappa shape index (κ1) is 20.5. The maximum atomic E-state index is 13.1. The first-order valence-corrected chi connectivity index (χ1v) is 10.8. The SMILES string of the molecule is O=C(c1ccc2c(=O)[nH]c(=S)[nH]c2c1)N1CCCN(CCCc2ccccc2)CC1. The summed E-state index contributed by atoms with van der Waals surface area (Å²) >= 11 is 5.05. The number of rotatable bonds is 5. The molecule has 3 aromatic rings. The van der Waals surface area contributed by atoms with E-state index in [1.807, 2.05) is 11.0 Å². The second-order valence-electron chi connectivity index (χ2n) is 7.75. The number of benzene rings is 2. The largest absolute Gasteiger partial charge is 0.337 e. The molecule has 1 aliphatic rings. The Morgan fingerprint density at radius 2 is 1.83 bits per heavy atom. The molecule has 0 saturated carbocycles. The first-order chi connectivity index (χ1) is 14.6. The van der Waals surface area contributed by atoms with Crippen molar-refractivity contribution in [1.29, 1.82) is 0 Å². The smallest absolute Gasteiger partial charge is 0.259 e. The van der Waals surface area contributed by atoms with Gasteiger partial charge in [-0.3, -0.25) is 14.6 Å². The first-order valence-electron chi connectivity index (χ1n) is 10.4. The fourth-order valence-corrected chi connectivity index (χ4v) is 4.24. The van der Waals surface area contributed by atoms with Crippen LogP contribution in [0.3, 0.4) is 0 Å². The number of hydrogen-bond acceptors (Lipinski definition) is 4. The standard InChI is InChI=1S/C23H26N4O2S/c28-21-19-10-9-18(16-20(19)24-23(30)25-21)22(29)27-13-5-12-26(14-15-27)11-4-8-17-6-2-1-3-7-17/h1-3,6-7,9-10,16H,4-5,8,11-15H2,(H2,24,25,28,30). The van der Waals surface area contributed by atoms with E-state index in [1.54, 1.807) is 18.2 Å². The van der Waals surface area contributed by atoms with Crippen molar-refractivity contribution < 1.29 is 4.79 Å². The number of fused-ring (bicyclic) bond motifs is 1. The van der Waals surface area contributed by atoms with Crippen LogP contribution in [0.25, 0.3) is 10.9 Å². The number of nitrogens with one attached hydrogen (secondary N) is 2. The summed E-state index contributed by atoms with van der Waals surface area (Å²) in [5, 5.41) is 0.501. The van der Waals surface area contributed by atoms with Crippen LogP contribution in [0.15, 0.2) is 53.3 Å². The number of aryl methyl sites for hydroxylation is 1. The number of carbonyl (C=O) groups excluding carboxylic acids is 1. The maximum absolute atomic E-state index is 13.1. The number of H-pyrrole nitrogens is 2. The second-order valence-corrected chi connectivity index (χ2v) is 8.15. The van der Waals surface area contributed by atoms with Gasteiger partial charge in [-0.05, 0) is 68.3 Å². The third-order valence-electron chi connectivity index (χ3n) is 5.64. The fourth-order valence-electron chi connectivity index (χ4n) is 4.03. The zero-order valence-electron chi connectivity index (χ0n) is 16.9. The van der Waals surface area contributed by atoms with E-state index in [4.69, 9.17) is 12.2 Å². The lowest BCUT2D eigenvalue weighted by atomic mass is 10.1. The molecule has 2 N–H and O–H groups in total. The maximum Gasteiger partial charge on any atom is 0.259 e. The van der Waals surface area contributed by atoms with Gasteiger partial charge >= 0.3 is 0 Å². The topological polar surface area (TPSA) is 72.2 Å². The molecule has 1 aromatic heterocycles. The van der Waals surface area contributed by atoms with E-state index in [0.29, 0.717) is 23.0 Å². The van der Waals surface area contributed by atoms with E-state index in [9.17, 15) is 9.59 Å². The Hall–Kier alpha value is -2.77. The Bertz CT molecular complexity index is 1140. The summed E-state index contributed by atoms with van der Waals surface area (Å²) in [6.45, 7) is 4.41. The van der Waals surface area contributed by atoms with Gasteiger partial charge in [0.2, 0.25) is 0 Å². The van der Waals surface area contributed by atoms with Crippen molar-refractivity contribution in [2.75, 3.05) is 32.7 Å². The van der Waals surface area contributed by atoms with Gasteiger partial charge in [0.25, 0.3) is 11.5 Å². The van der Waals surface area contributed by atoms with Crippen molar-refractivity contribution in [2.45, 2.75) is 19.3 Å². The van der Waals surface area contributed by atoms with E-state index in [1.165, 1.54) is 5.56 Å². The average molecular weight is 423 g/mol. The molecule has 1 fully saturated rings. The lowest BCUT2D eigenvalue weighted by Gasteiger charge is -2.22. The Morgan fingerprint density at radius 1 is 1.00 bits per heavy atom. The number of carbonyl (C=O) groups is 1. The van der Waals surface area contributed by atoms with Crippen LogP contribution < -0.4 is 5.56 Å². The Kier molecular flexibility index (Phi) is 6.40. The predicted octanol–water partition coefficient (Wildman–Crippen LogP) is 3.37. The highest BCUT2D eigenvalue weighted by Crippen LogP contribution is 2.14. The van der Waals surface area contributed by atoms with Gasteiger partial charge in [0, 0.05) is 25.2 Å². The van der Waals surface area contributed by atoms with Gasteiger partial charge in [-0.15, -0.1) is 0 Å². The minimum atomic E-state index is -0.242. The van der Waals surface area contributed by atoms with Gasteiger partial charge in [-0.1, -0.05) is 30.3 Å². The molecule has 0 bridgehead atoms. The van der Waals surface area contributed by atoms with Crippen molar-refractivity contribution in [3.8, 4) is 0 Å². The average Bonchev–Trinajstić information content (AvgIpc) is 2.99. The molecule has 2 aromatic carbocycles. The zero-order valence-corrected chi connectivity index (χ0v) is 17.7. The van der Waals surface area contributed by atoms with Crippen molar-refractivity contribution >= 4 is 29.0 Å². The monoisotopic (exact) mass is 422 g/mol. The van der Waals surface area contributed by atoms with Crippen LogP contribution in [-0.2, 0) is 6.42 Å². The van der Waals surface area contributed by atoms with E-state index < -0.39 is 0 Å². The van der Waals surface area contributed by atoms with Gasteiger partial charge in [0.1, 0.15) is 0 Å². The van der Waals surface area contributed by atoms with Crippen LogP contribution >= 0.6 is 12.2 Å². The highest BCUT2D eigenvalue weighted by atomic mass is 32.1. The minimum absolute atomic E-state index is 0.00244. The van der Waals surface area contributed by atoms with E-state index in [2.05, 4.69) is 39.1 Å². The number of hydrogen-bond donors (Lipinski definition) is 2. The van der Waals surface area contributed by atoms with Crippen molar-refractivity contribution in [2.24, 2.45) is 0 Å². The van der Waals surface area contributed by atoms with E-state index in [-0.39, 0.29) is 16.2 Å². The van der Waals surface area contributed by atoms with Gasteiger partial charge in [-0.25, -0.2) is 0 Å². The Balaban J connectivity index is 1.37. The molecule has 0 radical (unpaired) electrons. The number of nitrogens with zero attached hydrogens (tertiary/aromatic N) is 2. The van der Waals surface area contributed by atoms with Gasteiger partial charge in [-0.2, -0.15) is 0 Å². The molecule has 0 spiro atoms. The molecule has 6 nitrogen and oxygen atoms in total. The highest BCUT2D eigenvalue weighted by Gasteiger charge is 2.20. The molecular weight excluding hydrogens is 396 g/mol. The van der Waals surface area contributed by atoms with E-state index in [0.717, 1.165) is 45.4 Å². The molecule has 0 unspecified atom stereocenters. The summed E-state index contributed by atoms with van der Waals surface area (Å²) in [6, 6.07) is 15.7. The van der Waals surface area contributed by atoms with Crippen LogP contribution in [-0.4, -0.2) is 58.4 Å². The van der Waals surface area contributed by atoms with Crippen LogP contribution in [0, 0.1) is 4.77 Å². The second kappa shape index (κ2) is 9.36. The zero-order chi connectivity index (χ0) is 20.9. The summed E-state index contributed by atoms with van der Waals surface area (Å²) in [7, 11) is 0. The molecule has 156 valence electrons. The molecule has 0 aliphatic carbocycles. The number of amides is 1. The molecule has 0 atom stereocenters. The van der Waals surface area contributed by atoms with Gasteiger partial charge in [0.05, 0.1) is 10.9 Å². The predicted molar refractivity (Wildman–Crippen MR) is 121 cm³/mol. The molecule has 7 heteroatoms. The van der Waals surface area contributed by atoms with Crippen molar-refractivity contribution in [3.63, 3.8) is 0 Å². The summed E-state index contributed by atoms with van der Waals surface area (Å²) in [5.74, 6) is 0.00244. The van der Waals surface area contributed by atoms with Crippen LogP contribution in [0.1, 0.15) is 28.8 Å². The third kappa shape index (κ3) is 4.86. The van der Waals surface area contributed by atoms with Gasteiger partial charge < -0.3 is 14.8 Å². The van der Waals surface area contributed by atoms with E-state index >= 15 is 0 Å². The molecule has 1 amide bonds. The van der Waals surface area contributed by atoms with Crippen LogP contribution in [0.4, 0.5) is 0 Å². The lowest BCUT2D eigenvalue weighted by molar-refractivity contribution is 0.0761. The molecular formula is C23H26N4O2S. The van der Waals surface area contributed by atoms with Crippen molar-refractivity contribution in [3.05, 3.63) is 74.8 Å².